The van der Waals surface area contributed by atoms with Crippen molar-refractivity contribution in [1.29, 1.82) is 0 Å². The zero-order valence-electron chi connectivity index (χ0n) is 13.4. The van der Waals surface area contributed by atoms with Crippen LogP contribution in [-0.2, 0) is 4.79 Å². The molecule has 118 valence electrons. The molecule has 0 radical (unpaired) electrons. The maximum Gasteiger partial charge on any atom is 0.221 e. The Bertz CT molecular complexity index is 463. The van der Waals surface area contributed by atoms with Gasteiger partial charge in [0.15, 0.2) is 11.5 Å². The first-order valence-electron chi connectivity index (χ1n) is 7.10. The average Bonchev–Trinajstić information content (AvgIpc) is 2.44. The number of methoxy groups -OCH3 is 1. The lowest BCUT2D eigenvalue weighted by Gasteiger charge is -2.18. The van der Waals surface area contributed by atoms with E-state index in [0.29, 0.717) is 12.2 Å². The molecule has 21 heavy (non-hydrogen) atoms. The molecule has 1 N–H and O–H groups in total. The van der Waals surface area contributed by atoms with Crippen molar-refractivity contribution in [1.82, 2.24) is 5.32 Å². The highest BCUT2D eigenvalue weighted by Gasteiger charge is 2.13. The monoisotopic (exact) mass is 311 g/mol. The quantitative estimate of drug-likeness (QED) is 0.799. The van der Waals surface area contributed by atoms with Gasteiger partial charge in [-0.3, -0.25) is 4.79 Å². The van der Waals surface area contributed by atoms with Gasteiger partial charge in [0.1, 0.15) is 0 Å². The summed E-state index contributed by atoms with van der Waals surface area (Å²) in [5.41, 5.74) is 1.00. The van der Waals surface area contributed by atoms with Gasteiger partial charge in [-0.15, -0.1) is 0 Å². The lowest BCUT2D eigenvalue weighted by molar-refractivity contribution is -0.121. The molecular weight excluding hydrogens is 286 g/mol. The first kappa shape index (κ1) is 17.7. The molecular formula is C16H25NO3S. The van der Waals surface area contributed by atoms with E-state index in [1.54, 1.807) is 18.9 Å². The van der Waals surface area contributed by atoms with Crippen molar-refractivity contribution in [3.8, 4) is 11.5 Å². The highest BCUT2D eigenvalue weighted by molar-refractivity contribution is 7.98. The van der Waals surface area contributed by atoms with Gasteiger partial charge < -0.3 is 14.8 Å². The van der Waals surface area contributed by atoms with Crippen LogP contribution < -0.4 is 14.8 Å². The number of carbonyl (C=O) groups is 1. The molecule has 0 saturated carbocycles. The van der Waals surface area contributed by atoms with E-state index in [2.05, 4.69) is 5.32 Å². The van der Waals surface area contributed by atoms with Crippen molar-refractivity contribution in [2.45, 2.75) is 39.3 Å². The van der Waals surface area contributed by atoms with Gasteiger partial charge in [0.2, 0.25) is 5.91 Å². The summed E-state index contributed by atoms with van der Waals surface area (Å²) in [7, 11) is 1.62. The number of hydrogen-bond acceptors (Lipinski definition) is 4. The van der Waals surface area contributed by atoms with Crippen molar-refractivity contribution >= 4 is 17.7 Å². The molecule has 5 heteroatoms. The number of rotatable bonds is 8. The molecule has 1 aromatic rings. The molecule has 0 saturated heterocycles. The third kappa shape index (κ3) is 5.87. The minimum Gasteiger partial charge on any atom is -0.493 e. The summed E-state index contributed by atoms with van der Waals surface area (Å²) in [6.45, 7) is 5.92. The van der Waals surface area contributed by atoms with Crippen molar-refractivity contribution in [3.05, 3.63) is 23.8 Å². The Morgan fingerprint density at radius 1 is 1.29 bits per heavy atom. The predicted octanol–water partition coefficient (Wildman–Crippen LogP) is 3.41. The Kier molecular flexibility index (Phi) is 7.43. The van der Waals surface area contributed by atoms with Gasteiger partial charge in [-0.1, -0.05) is 6.07 Å². The maximum absolute atomic E-state index is 11.8. The molecule has 1 atom stereocenters. The second kappa shape index (κ2) is 8.82. The molecule has 1 amide bonds. The molecule has 0 aliphatic heterocycles. The Balaban J connectivity index is 2.76. The molecule has 0 unspecified atom stereocenters. The summed E-state index contributed by atoms with van der Waals surface area (Å²) in [5.74, 6) is 2.31. The van der Waals surface area contributed by atoms with Gasteiger partial charge in [-0.25, -0.2) is 0 Å². The number of carbonyl (C=O) groups excluding carboxylic acids is 1. The third-order valence-electron chi connectivity index (χ3n) is 2.96. The molecule has 0 spiro atoms. The Hall–Kier alpha value is -1.36. The molecule has 0 aliphatic carbocycles. The van der Waals surface area contributed by atoms with Crippen LogP contribution in [0.15, 0.2) is 18.2 Å². The van der Waals surface area contributed by atoms with Gasteiger partial charge >= 0.3 is 0 Å². The molecule has 0 bridgehead atoms. The van der Waals surface area contributed by atoms with E-state index < -0.39 is 0 Å². The van der Waals surface area contributed by atoms with Gasteiger partial charge in [-0.2, -0.15) is 11.8 Å². The second-order valence-electron chi connectivity index (χ2n) is 5.11. The van der Waals surface area contributed by atoms with Crippen molar-refractivity contribution in [2.75, 3.05) is 19.1 Å². The summed E-state index contributed by atoms with van der Waals surface area (Å²) in [6, 6.07) is 5.71. The lowest BCUT2D eigenvalue weighted by atomic mass is 10.1. The van der Waals surface area contributed by atoms with Crippen LogP contribution in [0.1, 0.15) is 38.8 Å². The molecule has 0 fully saturated rings. The van der Waals surface area contributed by atoms with Crippen LogP contribution in [-0.4, -0.2) is 31.1 Å². The Morgan fingerprint density at radius 2 is 2.00 bits per heavy atom. The van der Waals surface area contributed by atoms with Crippen LogP contribution in [0, 0.1) is 0 Å². The fourth-order valence-corrected chi connectivity index (χ4v) is 2.29. The number of hydrogen-bond donors (Lipinski definition) is 1. The smallest absolute Gasteiger partial charge is 0.221 e. The van der Waals surface area contributed by atoms with Crippen molar-refractivity contribution in [3.63, 3.8) is 0 Å². The zero-order chi connectivity index (χ0) is 15.8. The van der Waals surface area contributed by atoms with E-state index in [0.717, 1.165) is 17.1 Å². The van der Waals surface area contributed by atoms with Crippen molar-refractivity contribution in [2.24, 2.45) is 0 Å². The summed E-state index contributed by atoms with van der Waals surface area (Å²) in [4.78, 5) is 11.8. The number of nitrogens with one attached hydrogen (secondary N) is 1. The van der Waals surface area contributed by atoms with Crippen LogP contribution in [0.2, 0.25) is 0 Å². The van der Waals surface area contributed by atoms with Crippen LogP contribution in [0.25, 0.3) is 0 Å². The molecule has 0 aliphatic rings. The Morgan fingerprint density at radius 3 is 2.57 bits per heavy atom. The molecule has 0 aromatic heterocycles. The summed E-state index contributed by atoms with van der Waals surface area (Å²) in [5, 5.41) is 2.99. The average molecular weight is 311 g/mol. The lowest BCUT2D eigenvalue weighted by Crippen LogP contribution is -2.26. The Labute approximate surface area is 131 Å². The maximum atomic E-state index is 11.8. The number of benzene rings is 1. The van der Waals surface area contributed by atoms with E-state index in [-0.39, 0.29) is 18.1 Å². The first-order chi connectivity index (χ1) is 9.97. The van der Waals surface area contributed by atoms with E-state index in [9.17, 15) is 4.79 Å². The van der Waals surface area contributed by atoms with E-state index in [4.69, 9.17) is 9.47 Å². The minimum atomic E-state index is -0.0543. The molecule has 1 rings (SSSR count). The van der Waals surface area contributed by atoms with Gasteiger partial charge in [0, 0.05) is 12.2 Å². The van der Waals surface area contributed by atoms with E-state index >= 15 is 0 Å². The molecule has 0 heterocycles. The van der Waals surface area contributed by atoms with Crippen molar-refractivity contribution < 1.29 is 14.3 Å². The summed E-state index contributed by atoms with van der Waals surface area (Å²) < 4.78 is 11.1. The normalized spacial score (nSPS) is 12.1. The van der Waals surface area contributed by atoms with Gasteiger partial charge in [0.25, 0.3) is 0 Å². The molecule has 1 aromatic carbocycles. The van der Waals surface area contributed by atoms with E-state index in [1.807, 2.05) is 45.2 Å². The predicted molar refractivity (Wildman–Crippen MR) is 88.3 cm³/mol. The minimum absolute atomic E-state index is 0.0543. The second-order valence-corrected chi connectivity index (χ2v) is 6.09. The highest BCUT2D eigenvalue weighted by Crippen LogP contribution is 2.31. The van der Waals surface area contributed by atoms with Crippen LogP contribution in [0.3, 0.4) is 0 Å². The highest BCUT2D eigenvalue weighted by atomic mass is 32.2. The summed E-state index contributed by atoms with van der Waals surface area (Å²) in [6.07, 6.45) is 2.63. The van der Waals surface area contributed by atoms with Crippen LogP contribution in [0.5, 0.6) is 11.5 Å². The molecule has 4 nitrogen and oxygen atoms in total. The topological polar surface area (TPSA) is 47.6 Å². The summed E-state index contributed by atoms with van der Waals surface area (Å²) >= 11 is 1.67. The number of thioether (sulfide) groups is 1. The van der Waals surface area contributed by atoms with Crippen LogP contribution >= 0.6 is 11.8 Å². The fraction of sp³-hybridized carbons (Fsp3) is 0.562. The number of amides is 1. The largest absolute Gasteiger partial charge is 0.493 e. The SMILES string of the molecule is COc1cc([C@@H](C)NC(=O)CCSC)ccc1OC(C)C. The van der Waals surface area contributed by atoms with Crippen LogP contribution in [0.4, 0.5) is 0 Å². The zero-order valence-corrected chi connectivity index (χ0v) is 14.3. The van der Waals surface area contributed by atoms with E-state index in [1.165, 1.54) is 0 Å². The van der Waals surface area contributed by atoms with Gasteiger partial charge in [0.05, 0.1) is 19.3 Å². The van der Waals surface area contributed by atoms with Gasteiger partial charge in [-0.05, 0) is 44.7 Å². The number of ether oxygens (including phenoxy) is 2. The fourth-order valence-electron chi connectivity index (χ4n) is 1.90. The third-order valence-corrected chi connectivity index (χ3v) is 3.57. The standard InChI is InChI=1S/C16H25NO3S/c1-11(2)20-14-7-6-13(10-15(14)19-4)12(3)17-16(18)8-9-21-5/h6-7,10-12H,8-9H2,1-5H3,(H,17,18)/t12-/m1/s1. The first-order valence-corrected chi connectivity index (χ1v) is 8.50.